The molecule has 0 saturated carbocycles. The van der Waals surface area contributed by atoms with Crippen LogP contribution in [0.2, 0.25) is 0 Å². The Kier molecular flexibility index (Phi) is 10.4. The molecule has 0 aliphatic carbocycles. The van der Waals surface area contributed by atoms with E-state index in [-0.39, 0.29) is 29.4 Å². The molecule has 1 amide bonds. The molecule has 1 aliphatic heterocycles. The van der Waals surface area contributed by atoms with Crippen molar-refractivity contribution in [1.82, 2.24) is 10.3 Å². The van der Waals surface area contributed by atoms with E-state index in [1.165, 1.54) is 26.3 Å². The van der Waals surface area contributed by atoms with Crippen LogP contribution in [-0.2, 0) is 23.8 Å². The number of rotatable bonds is 9. The van der Waals surface area contributed by atoms with Crippen molar-refractivity contribution < 1.29 is 38.1 Å². The van der Waals surface area contributed by atoms with Crippen molar-refractivity contribution in [2.24, 2.45) is 5.92 Å². The molecule has 1 fully saturated rings. The van der Waals surface area contributed by atoms with E-state index in [4.69, 9.17) is 23.7 Å². The Morgan fingerprint density at radius 1 is 1.30 bits per heavy atom. The monoisotopic (exact) mass is 466 g/mol. The zero-order valence-corrected chi connectivity index (χ0v) is 19.9. The second-order valence-electron chi connectivity index (χ2n) is 8.38. The molecule has 0 aromatic carbocycles. The number of carbonyl (C=O) groups is 3. The molecule has 10 nitrogen and oxygen atoms in total. The van der Waals surface area contributed by atoms with Crippen LogP contribution in [-0.4, -0.2) is 61.6 Å². The van der Waals surface area contributed by atoms with E-state index in [1.807, 2.05) is 6.92 Å². The van der Waals surface area contributed by atoms with Crippen LogP contribution in [0.15, 0.2) is 12.3 Å². The lowest BCUT2D eigenvalue weighted by Crippen LogP contribution is -2.43. The van der Waals surface area contributed by atoms with Gasteiger partial charge in [-0.1, -0.05) is 13.8 Å². The Balaban J connectivity index is 2.11. The Hall–Kier alpha value is -2.88. The van der Waals surface area contributed by atoms with Gasteiger partial charge in [0, 0.05) is 32.2 Å². The molecule has 0 spiro atoms. The number of carbonyl (C=O) groups excluding carboxylic acids is 3. The fraction of sp³-hybridized carbons (Fsp3) is 0.652. The van der Waals surface area contributed by atoms with E-state index < -0.39 is 30.7 Å². The number of pyridine rings is 1. The Labute approximate surface area is 194 Å². The number of esters is 2. The van der Waals surface area contributed by atoms with Crippen LogP contribution in [0.25, 0.3) is 0 Å². The van der Waals surface area contributed by atoms with Gasteiger partial charge in [0.05, 0.1) is 13.2 Å². The number of methoxy groups -OCH3 is 1. The van der Waals surface area contributed by atoms with Crippen LogP contribution >= 0.6 is 0 Å². The summed E-state index contributed by atoms with van der Waals surface area (Å²) in [6.07, 6.45) is 3.46. The first-order valence-electron chi connectivity index (χ1n) is 11.1. The molecular formula is C23H34N2O8. The number of hydrogen-bond donors (Lipinski definition) is 1. The number of cyclic esters (lactones) is 1. The molecule has 2 rings (SSSR count). The summed E-state index contributed by atoms with van der Waals surface area (Å²) < 4.78 is 27.0. The molecule has 2 unspecified atom stereocenters. The second kappa shape index (κ2) is 13.0. The minimum Gasteiger partial charge on any atom is -0.493 e. The van der Waals surface area contributed by atoms with E-state index in [1.54, 1.807) is 0 Å². The molecule has 184 valence electrons. The molecule has 1 saturated heterocycles. The minimum absolute atomic E-state index is 0.00528. The van der Waals surface area contributed by atoms with Gasteiger partial charge in [-0.25, -0.2) is 9.78 Å². The van der Waals surface area contributed by atoms with Gasteiger partial charge in [-0.2, -0.15) is 0 Å². The highest BCUT2D eigenvalue weighted by Crippen LogP contribution is 2.30. The van der Waals surface area contributed by atoms with Crippen molar-refractivity contribution in [2.45, 2.75) is 71.6 Å². The lowest BCUT2D eigenvalue weighted by molar-refractivity contribution is -0.152. The number of nitrogens with one attached hydrogen (secondary N) is 1. The summed E-state index contributed by atoms with van der Waals surface area (Å²) >= 11 is 0. The number of nitrogens with zero attached hydrogens (tertiary/aromatic N) is 1. The lowest BCUT2D eigenvalue weighted by Gasteiger charge is -2.21. The number of amides is 1. The zero-order chi connectivity index (χ0) is 24.4. The van der Waals surface area contributed by atoms with Gasteiger partial charge in [-0.3, -0.25) is 9.59 Å². The van der Waals surface area contributed by atoms with Crippen molar-refractivity contribution in [2.75, 3.05) is 20.5 Å². The van der Waals surface area contributed by atoms with E-state index in [9.17, 15) is 14.4 Å². The maximum Gasteiger partial charge on any atom is 0.328 e. The summed E-state index contributed by atoms with van der Waals surface area (Å²) in [5, 5.41) is 2.70. The highest BCUT2D eigenvalue weighted by atomic mass is 16.7. The highest BCUT2D eigenvalue weighted by molar-refractivity contribution is 5.98. The Bertz CT molecular complexity index is 814. The summed E-state index contributed by atoms with van der Waals surface area (Å²) in [4.78, 5) is 40.8. The van der Waals surface area contributed by atoms with Crippen LogP contribution in [0.1, 0.15) is 63.9 Å². The molecule has 3 atom stereocenters. The van der Waals surface area contributed by atoms with E-state index >= 15 is 0 Å². The largest absolute Gasteiger partial charge is 0.493 e. The average Bonchev–Trinajstić information content (AvgIpc) is 2.81. The van der Waals surface area contributed by atoms with E-state index in [0.29, 0.717) is 31.8 Å². The van der Waals surface area contributed by atoms with Crippen molar-refractivity contribution in [3.8, 4) is 11.5 Å². The average molecular weight is 467 g/mol. The molecule has 1 N–H and O–H groups in total. The smallest absolute Gasteiger partial charge is 0.328 e. The van der Waals surface area contributed by atoms with Crippen LogP contribution < -0.4 is 14.8 Å². The van der Waals surface area contributed by atoms with Gasteiger partial charge in [0.1, 0.15) is 12.1 Å². The topological polar surface area (TPSA) is 122 Å². The fourth-order valence-electron chi connectivity index (χ4n) is 3.39. The summed E-state index contributed by atoms with van der Waals surface area (Å²) in [6, 6.07) is 0.658. The third-order valence-corrected chi connectivity index (χ3v) is 4.96. The van der Waals surface area contributed by atoms with E-state index in [2.05, 4.69) is 24.1 Å². The molecule has 0 radical (unpaired) electrons. The third kappa shape index (κ3) is 8.53. The summed E-state index contributed by atoms with van der Waals surface area (Å²) in [6.45, 7) is 7.45. The zero-order valence-electron chi connectivity index (χ0n) is 19.9. The molecule has 0 bridgehead atoms. The van der Waals surface area contributed by atoms with Crippen LogP contribution in [0.3, 0.4) is 0 Å². The van der Waals surface area contributed by atoms with Crippen LogP contribution in [0, 0.1) is 5.92 Å². The first-order chi connectivity index (χ1) is 15.7. The number of hydrogen-bond acceptors (Lipinski definition) is 9. The van der Waals surface area contributed by atoms with Gasteiger partial charge in [0.15, 0.2) is 17.2 Å². The van der Waals surface area contributed by atoms with Gasteiger partial charge in [0.25, 0.3) is 5.91 Å². The lowest BCUT2D eigenvalue weighted by atomic mass is 10.0. The second-order valence-corrected chi connectivity index (χ2v) is 8.38. The van der Waals surface area contributed by atoms with Crippen molar-refractivity contribution in [3.63, 3.8) is 0 Å². The van der Waals surface area contributed by atoms with E-state index in [0.717, 1.165) is 6.42 Å². The van der Waals surface area contributed by atoms with Gasteiger partial charge < -0.3 is 29.0 Å². The predicted molar refractivity (Wildman–Crippen MR) is 118 cm³/mol. The van der Waals surface area contributed by atoms with Gasteiger partial charge >= 0.3 is 11.9 Å². The fourth-order valence-corrected chi connectivity index (χ4v) is 3.39. The molecular weight excluding hydrogens is 432 g/mol. The highest BCUT2D eigenvalue weighted by Gasteiger charge is 2.30. The van der Waals surface area contributed by atoms with Crippen molar-refractivity contribution in [3.05, 3.63) is 18.0 Å². The molecule has 1 aliphatic rings. The molecule has 2 heterocycles. The first-order valence-corrected chi connectivity index (χ1v) is 11.1. The first kappa shape index (κ1) is 26.4. The van der Waals surface area contributed by atoms with Gasteiger partial charge in [0.2, 0.25) is 6.79 Å². The summed E-state index contributed by atoms with van der Waals surface area (Å²) in [5.41, 5.74) is -0.0969. The van der Waals surface area contributed by atoms with Crippen molar-refractivity contribution >= 4 is 17.8 Å². The predicted octanol–water partition coefficient (Wildman–Crippen LogP) is 2.63. The molecule has 1 aromatic heterocycles. The number of aromatic nitrogens is 1. The Morgan fingerprint density at radius 2 is 2.06 bits per heavy atom. The molecule has 10 heteroatoms. The number of ether oxygens (including phenoxy) is 5. The van der Waals surface area contributed by atoms with Crippen LogP contribution in [0.4, 0.5) is 0 Å². The molecule has 1 aromatic rings. The quantitative estimate of drug-likeness (QED) is 0.432. The Morgan fingerprint density at radius 3 is 2.73 bits per heavy atom. The van der Waals surface area contributed by atoms with Crippen LogP contribution in [0.5, 0.6) is 11.5 Å². The maximum absolute atomic E-state index is 13.0. The summed E-state index contributed by atoms with van der Waals surface area (Å²) in [7, 11) is 1.41. The normalized spacial score (nSPS) is 21.3. The minimum atomic E-state index is -0.849. The maximum atomic E-state index is 13.0. The third-order valence-electron chi connectivity index (χ3n) is 4.96. The molecule has 33 heavy (non-hydrogen) atoms. The summed E-state index contributed by atoms with van der Waals surface area (Å²) in [5.74, 6) is -1.03. The van der Waals surface area contributed by atoms with Crippen molar-refractivity contribution in [1.29, 1.82) is 0 Å². The van der Waals surface area contributed by atoms with Gasteiger partial charge in [-0.15, -0.1) is 0 Å². The standard InChI is InChI=1S/C23H34N2O8/c1-14(2)12-30-17-7-6-8-18(23(28)33-15(3)11-17)25-22(27)20-21(32-13-31-16(4)26)19(29-5)9-10-24-20/h9-10,14-15,17-18H,6-8,11-13H2,1-5H3,(H,25,27)/t15?,17?,18-/m0/s1. The SMILES string of the molecule is COc1ccnc(C(=O)N[C@H]2CCCC(OCC(C)C)CC(C)OC2=O)c1OCOC(C)=O. The van der Waals surface area contributed by atoms with Gasteiger partial charge in [-0.05, 0) is 32.1 Å².